The van der Waals surface area contributed by atoms with E-state index < -0.39 is 0 Å². The predicted molar refractivity (Wildman–Crippen MR) is 55.4 cm³/mol. The number of halogens is 1. The van der Waals surface area contributed by atoms with E-state index in [-0.39, 0.29) is 0 Å². The summed E-state index contributed by atoms with van der Waals surface area (Å²) in [6.07, 6.45) is 4.06. The number of unbranched alkanes of at least 4 members (excludes halogenated alkanes) is 1. The maximum Gasteiger partial charge on any atom is 0.00570 e. The molecule has 0 rings (SSSR count). The van der Waals surface area contributed by atoms with Crippen LogP contribution in [0.5, 0.6) is 0 Å². The summed E-state index contributed by atoms with van der Waals surface area (Å²) in [5, 5.41) is 1.15. The van der Waals surface area contributed by atoms with Crippen molar-refractivity contribution in [2.75, 3.05) is 26.0 Å². The van der Waals surface area contributed by atoms with Crippen LogP contribution < -0.4 is 0 Å². The Kier molecular flexibility index (Phi) is 7.39. The van der Waals surface area contributed by atoms with Crippen molar-refractivity contribution in [3.63, 3.8) is 0 Å². The minimum atomic E-state index is 0.845. The quantitative estimate of drug-likeness (QED) is 0.493. The van der Waals surface area contributed by atoms with Crippen LogP contribution in [-0.4, -0.2) is 30.9 Å². The highest BCUT2D eigenvalue weighted by molar-refractivity contribution is 9.09. The minimum absolute atomic E-state index is 0.845. The van der Waals surface area contributed by atoms with Crippen molar-refractivity contribution in [3.05, 3.63) is 0 Å². The largest absolute Gasteiger partial charge is 0.309 e. The van der Waals surface area contributed by atoms with Crippen LogP contribution in [0.2, 0.25) is 0 Å². The van der Waals surface area contributed by atoms with Crippen LogP contribution in [-0.2, 0) is 0 Å². The summed E-state index contributed by atoms with van der Waals surface area (Å²) in [7, 11) is 4.27. The lowest BCUT2D eigenvalue weighted by Crippen LogP contribution is -2.13. The van der Waals surface area contributed by atoms with Gasteiger partial charge in [0.1, 0.15) is 0 Å². The third kappa shape index (κ3) is 8.35. The number of alkyl halides is 1. The molecule has 0 amide bonds. The summed E-state index contributed by atoms with van der Waals surface area (Å²) in [5.74, 6) is 0.845. The molecule has 0 radical (unpaired) electrons. The first-order chi connectivity index (χ1) is 5.16. The van der Waals surface area contributed by atoms with Crippen molar-refractivity contribution < 1.29 is 0 Å². The second-order valence-electron chi connectivity index (χ2n) is 3.56. The average molecular weight is 222 g/mol. The molecular formula is C9H20BrN. The fraction of sp³-hybridized carbons (Fsp3) is 1.00. The van der Waals surface area contributed by atoms with Gasteiger partial charge in [0, 0.05) is 5.33 Å². The van der Waals surface area contributed by atoms with Crippen LogP contribution in [0.4, 0.5) is 0 Å². The maximum absolute atomic E-state index is 3.49. The molecule has 0 aliphatic carbocycles. The first-order valence-electron chi connectivity index (χ1n) is 4.37. The van der Waals surface area contributed by atoms with Gasteiger partial charge in [0.05, 0.1) is 0 Å². The first-order valence-corrected chi connectivity index (χ1v) is 5.49. The van der Waals surface area contributed by atoms with Gasteiger partial charge in [-0.3, -0.25) is 0 Å². The highest BCUT2D eigenvalue weighted by Crippen LogP contribution is 2.09. The number of rotatable bonds is 6. The molecule has 0 aromatic heterocycles. The van der Waals surface area contributed by atoms with E-state index in [0.717, 1.165) is 11.2 Å². The topological polar surface area (TPSA) is 3.24 Å². The molecule has 0 bridgehead atoms. The highest BCUT2D eigenvalue weighted by atomic mass is 79.9. The van der Waals surface area contributed by atoms with Gasteiger partial charge >= 0.3 is 0 Å². The summed E-state index contributed by atoms with van der Waals surface area (Å²) in [6.45, 7) is 3.53. The summed E-state index contributed by atoms with van der Waals surface area (Å²) in [4.78, 5) is 2.25. The normalized spacial score (nSPS) is 13.9. The molecule has 0 N–H and O–H groups in total. The second kappa shape index (κ2) is 7.11. The standard InChI is InChI=1S/C9H20BrN/c1-9(8-10)6-4-5-7-11(2)3/h9H,4-8H2,1-3H3. The van der Waals surface area contributed by atoms with Gasteiger partial charge in [0.15, 0.2) is 0 Å². The summed E-state index contributed by atoms with van der Waals surface area (Å²) < 4.78 is 0. The molecule has 0 aromatic carbocycles. The molecule has 0 aromatic rings. The van der Waals surface area contributed by atoms with Crippen LogP contribution in [0.25, 0.3) is 0 Å². The van der Waals surface area contributed by atoms with Crippen molar-refractivity contribution in [1.29, 1.82) is 0 Å². The minimum Gasteiger partial charge on any atom is -0.309 e. The van der Waals surface area contributed by atoms with Crippen molar-refractivity contribution >= 4 is 15.9 Å². The Morgan fingerprint density at radius 2 is 1.91 bits per heavy atom. The van der Waals surface area contributed by atoms with Crippen molar-refractivity contribution in [2.24, 2.45) is 5.92 Å². The lowest BCUT2D eigenvalue weighted by atomic mass is 10.1. The van der Waals surface area contributed by atoms with E-state index >= 15 is 0 Å². The van der Waals surface area contributed by atoms with Crippen LogP contribution >= 0.6 is 15.9 Å². The Bertz CT molecular complexity index is 83.6. The highest BCUT2D eigenvalue weighted by Gasteiger charge is 1.98. The first kappa shape index (κ1) is 11.4. The van der Waals surface area contributed by atoms with Crippen LogP contribution in [0.15, 0.2) is 0 Å². The maximum atomic E-state index is 3.49. The van der Waals surface area contributed by atoms with Gasteiger partial charge in [-0.25, -0.2) is 0 Å². The van der Waals surface area contributed by atoms with E-state index in [1.165, 1.54) is 25.8 Å². The molecule has 1 unspecified atom stereocenters. The monoisotopic (exact) mass is 221 g/mol. The Balaban J connectivity index is 3.01. The molecule has 1 nitrogen and oxygen atoms in total. The van der Waals surface area contributed by atoms with E-state index in [0.29, 0.717) is 0 Å². The number of hydrogen-bond acceptors (Lipinski definition) is 1. The van der Waals surface area contributed by atoms with Crippen molar-refractivity contribution in [1.82, 2.24) is 4.90 Å². The van der Waals surface area contributed by atoms with E-state index in [1.807, 2.05) is 0 Å². The zero-order valence-corrected chi connectivity index (χ0v) is 9.52. The zero-order valence-electron chi connectivity index (χ0n) is 7.94. The molecule has 1 atom stereocenters. The third-order valence-electron chi connectivity index (χ3n) is 1.82. The smallest absolute Gasteiger partial charge is 0.00570 e. The Hall–Kier alpha value is 0.440. The Labute approximate surface area is 79.3 Å². The van der Waals surface area contributed by atoms with Gasteiger partial charge in [-0.15, -0.1) is 0 Å². The molecule has 0 fully saturated rings. The van der Waals surface area contributed by atoms with Crippen molar-refractivity contribution in [3.8, 4) is 0 Å². The van der Waals surface area contributed by atoms with E-state index in [9.17, 15) is 0 Å². The molecule has 0 heterocycles. The Morgan fingerprint density at radius 3 is 2.36 bits per heavy atom. The van der Waals surface area contributed by atoms with Crippen LogP contribution in [0, 0.1) is 5.92 Å². The van der Waals surface area contributed by atoms with E-state index in [2.05, 4.69) is 41.8 Å². The SMILES string of the molecule is CC(CBr)CCCCN(C)C. The molecule has 0 aliphatic heterocycles. The number of hydrogen-bond donors (Lipinski definition) is 0. The molecule has 0 spiro atoms. The van der Waals surface area contributed by atoms with Gasteiger partial charge in [-0.2, -0.15) is 0 Å². The van der Waals surface area contributed by atoms with Crippen LogP contribution in [0.3, 0.4) is 0 Å². The lowest BCUT2D eigenvalue weighted by Gasteiger charge is -2.10. The summed E-state index contributed by atoms with van der Waals surface area (Å²) in [6, 6.07) is 0. The van der Waals surface area contributed by atoms with Gasteiger partial charge in [-0.05, 0) is 39.4 Å². The molecule has 0 saturated heterocycles. The fourth-order valence-corrected chi connectivity index (χ4v) is 1.32. The molecular weight excluding hydrogens is 202 g/mol. The lowest BCUT2D eigenvalue weighted by molar-refractivity contribution is 0.384. The van der Waals surface area contributed by atoms with Gasteiger partial charge in [0.2, 0.25) is 0 Å². The number of nitrogens with zero attached hydrogens (tertiary/aromatic N) is 1. The fourth-order valence-electron chi connectivity index (χ4n) is 0.998. The van der Waals surface area contributed by atoms with Gasteiger partial charge in [0.25, 0.3) is 0 Å². The summed E-state index contributed by atoms with van der Waals surface area (Å²) >= 11 is 3.49. The molecule has 0 saturated carbocycles. The average Bonchev–Trinajstić information content (AvgIpc) is 1.97. The molecule has 0 aliphatic rings. The van der Waals surface area contributed by atoms with Gasteiger partial charge < -0.3 is 4.90 Å². The Morgan fingerprint density at radius 1 is 1.27 bits per heavy atom. The van der Waals surface area contributed by atoms with Gasteiger partial charge in [-0.1, -0.05) is 29.3 Å². The second-order valence-corrected chi connectivity index (χ2v) is 4.21. The molecule has 68 valence electrons. The van der Waals surface area contributed by atoms with E-state index in [1.54, 1.807) is 0 Å². The zero-order chi connectivity index (χ0) is 8.69. The van der Waals surface area contributed by atoms with Crippen LogP contribution in [0.1, 0.15) is 26.2 Å². The third-order valence-corrected chi connectivity index (χ3v) is 2.92. The van der Waals surface area contributed by atoms with Crippen molar-refractivity contribution in [2.45, 2.75) is 26.2 Å². The summed E-state index contributed by atoms with van der Waals surface area (Å²) in [5.41, 5.74) is 0. The molecule has 2 heteroatoms. The molecule has 11 heavy (non-hydrogen) atoms. The predicted octanol–water partition coefficient (Wildman–Crippen LogP) is 2.75. The van der Waals surface area contributed by atoms with E-state index in [4.69, 9.17) is 0 Å².